The van der Waals surface area contributed by atoms with E-state index in [1.165, 1.54) is 0 Å². The van der Waals surface area contributed by atoms with Crippen LogP contribution in [0, 0.1) is 18.3 Å². The zero-order valence-corrected chi connectivity index (χ0v) is 16.5. The summed E-state index contributed by atoms with van der Waals surface area (Å²) in [6.45, 7) is 2.41. The largest absolute Gasteiger partial charge is 0.422 e. The number of nitriles is 1. The number of fused-ring (bicyclic) bond motifs is 1. The van der Waals surface area contributed by atoms with Gasteiger partial charge in [0.05, 0.1) is 23.7 Å². The van der Waals surface area contributed by atoms with Crippen LogP contribution in [0.4, 0.5) is 0 Å². The molecule has 0 fully saturated rings. The fraction of sp³-hybridized carbons (Fsp3) is 0.143. The Bertz CT molecular complexity index is 1130. The van der Waals surface area contributed by atoms with Crippen molar-refractivity contribution in [1.29, 1.82) is 5.26 Å². The van der Waals surface area contributed by atoms with Crippen LogP contribution in [0.1, 0.15) is 28.3 Å². The fourth-order valence-electron chi connectivity index (χ4n) is 3.49. The van der Waals surface area contributed by atoms with Crippen molar-refractivity contribution in [1.82, 2.24) is 9.78 Å². The highest BCUT2D eigenvalue weighted by Crippen LogP contribution is 2.46. The van der Waals surface area contributed by atoms with Gasteiger partial charge in [-0.15, -0.1) is 0 Å². The van der Waals surface area contributed by atoms with Crippen molar-refractivity contribution in [3.63, 3.8) is 0 Å². The number of aryl methyl sites for hydroxylation is 1. The summed E-state index contributed by atoms with van der Waals surface area (Å²) < 4.78 is 7.60. The Morgan fingerprint density at radius 1 is 1.21 bits per heavy atom. The van der Waals surface area contributed by atoms with Crippen molar-refractivity contribution in [2.75, 3.05) is 0 Å². The lowest BCUT2D eigenvalue weighted by Gasteiger charge is -2.25. The third kappa shape index (κ3) is 3.11. The predicted octanol–water partition coefficient (Wildman–Crippen LogP) is 4.76. The molecule has 0 amide bonds. The Labute approximate surface area is 172 Å². The van der Waals surface area contributed by atoms with Crippen LogP contribution in [-0.4, -0.2) is 9.78 Å². The summed E-state index contributed by atoms with van der Waals surface area (Å²) in [5.41, 5.74) is 9.76. The van der Waals surface area contributed by atoms with Gasteiger partial charge in [-0.25, -0.2) is 4.68 Å². The summed E-state index contributed by atoms with van der Waals surface area (Å²) in [7, 11) is 0. The smallest absolute Gasteiger partial charge is 0.224 e. The summed E-state index contributed by atoms with van der Waals surface area (Å²) >= 11 is 12.5. The molecule has 0 radical (unpaired) electrons. The zero-order valence-electron chi connectivity index (χ0n) is 15.0. The molecule has 1 aliphatic rings. The molecule has 0 bridgehead atoms. The van der Waals surface area contributed by atoms with Crippen LogP contribution in [0.2, 0.25) is 10.0 Å². The second-order valence-electron chi connectivity index (χ2n) is 6.54. The van der Waals surface area contributed by atoms with Gasteiger partial charge in [-0.3, -0.25) is 0 Å². The van der Waals surface area contributed by atoms with Crippen LogP contribution < -0.4 is 10.5 Å². The van der Waals surface area contributed by atoms with Gasteiger partial charge < -0.3 is 10.5 Å². The lowest BCUT2D eigenvalue weighted by Crippen LogP contribution is -2.22. The topological polar surface area (TPSA) is 76.9 Å². The first-order valence-corrected chi connectivity index (χ1v) is 9.39. The SMILES string of the molecule is Cc1nn(Cc2ccccc2)c2c1C(c1ccc(Cl)cc1Cl)C(C#N)=C(N)O2. The molecule has 28 heavy (non-hydrogen) atoms. The number of allylic oxidation sites excluding steroid dienone is 1. The maximum Gasteiger partial charge on any atom is 0.224 e. The molecule has 3 aromatic rings. The van der Waals surface area contributed by atoms with Gasteiger partial charge in [0.15, 0.2) is 0 Å². The molecular weight excluding hydrogens is 395 g/mol. The van der Waals surface area contributed by atoms with Crippen LogP contribution >= 0.6 is 23.2 Å². The molecule has 1 unspecified atom stereocenters. The van der Waals surface area contributed by atoms with Crippen molar-refractivity contribution in [2.24, 2.45) is 5.73 Å². The van der Waals surface area contributed by atoms with Crippen LogP contribution in [0.5, 0.6) is 5.88 Å². The molecule has 2 N–H and O–H groups in total. The molecule has 140 valence electrons. The Morgan fingerprint density at radius 2 is 1.96 bits per heavy atom. The number of halogens is 2. The zero-order chi connectivity index (χ0) is 19.8. The number of nitrogens with two attached hydrogens (primary N) is 1. The van der Waals surface area contributed by atoms with Gasteiger partial charge in [0, 0.05) is 10.0 Å². The second kappa shape index (κ2) is 7.23. The molecule has 2 aromatic carbocycles. The van der Waals surface area contributed by atoms with E-state index >= 15 is 0 Å². The highest BCUT2D eigenvalue weighted by Gasteiger charge is 2.36. The summed E-state index contributed by atoms with van der Waals surface area (Å²) in [6.07, 6.45) is 0. The van der Waals surface area contributed by atoms with Gasteiger partial charge in [0.2, 0.25) is 11.8 Å². The molecule has 1 aromatic heterocycles. The Morgan fingerprint density at radius 3 is 2.64 bits per heavy atom. The summed E-state index contributed by atoms with van der Waals surface area (Å²) in [4.78, 5) is 0. The number of aromatic nitrogens is 2. The van der Waals surface area contributed by atoms with Crippen LogP contribution in [0.25, 0.3) is 0 Å². The van der Waals surface area contributed by atoms with Gasteiger partial charge in [0.25, 0.3) is 0 Å². The van der Waals surface area contributed by atoms with Crippen molar-refractivity contribution >= 4 is 23.2 Å². The number of ether oxygens (including phenoxy) is 1. The molecule has 2 heterocycles. The molecule has 1 aliphatic heterocycles. The van der Waals surface area contributed by atoms with E-state index in [9.17, 15) is 5.26 Å². The van der Waals surface area contributed by atoms with E-state index < -0.39 is 5.92 Å². The van der Waals surface area contributed by atoms with E-state index in [1.54, 1.807) is 16.8 Å². The van der Waals surface area contributed by atoms with Gasteiger partial charge in [-0.05, 0) is 30.2 Å². The average molecular weight is 411 g/mol. The predicted molar refractivity (Wildman–Crippen MR) is 108 cm³/mol. The first-order valence-electron chi connectivity index (χ1n) is 8.63. The van der Waals surface area contributed by atoms with Gasteiger partial charge in [-0.2, -0.15) is 10.4 Å². The molecule has 7 heteroatoms. The standard InChI is InChI=1S/C21H16Cl2N4O/c1-12-18-19(15-8-7-14(22)9-17(15)23)16(10-24)20(25)28-21(18)27(26-12)11-13-5-3-2-4-6-13/h2-9,19H,11,25H2,1H3. The lowest BCUT2D eigenvalue weighted by atomic mass is 9.84. The molecule has 1 atom stereocenters. The van der Waals surface area contributed by atoms with E-state index in [1.807, 2.05) is 43.3 Å². The van der Waals surface area contributed by atoms with E-state index in [2.05, 4.69) is 11.2 Å². The van der Waals surface area contributed by atoms with Crippen LogP contribution in [0.3, 0.4) is 0 Å². The molecule has 0 aliphatic carbocycles. The highest BCUT2D eigenvalue weighted by atomic mass is 35.5. The van der Waals surface area contributed by atoms with E-state index in [0.717, 1.165) is 22.4 Å². The number of rotatable bonds is 3. The van der Waals surface area contributed by atoms with Crippen LogP contribution in [-0.2, 0) is 6.54 Å². The van der Waals surface area contributed by atoms with Crippen molar-refractivity contribution < 1.29 is 4.74 Å². The fourth-order valence-corrected chi connectivity index (χ4v) is 4.01. The number of hydrogen-bond donors (Lipinski definition) is 1. The Kier molecular flexibility index (Phi) is 4.76. The minimum Gasteiger partial charge on any atom is -0.422 e. The van der Waals surface area contributed by atoms with Crippen LogP contribution in [0.15, 0.2) is 60.0 Å². The molecule has 0 saturated heterocycles. The van der Waals surface area contributed by atoms with Gasteiger partial charge >= 0.3 is 0 Å². The van der Waals surface area contributed by atoms with Crippen molar-refractivity contribution in [3.05, 3.63) is 92.4 Å². The Balaban J connectivity index is 1.88. The van der Waals surface area contributed by atoms with E-state index in [-0.39, 0.29) is 5.88 Å². The van der Waals surface area contributed by atoms with E-state index in [0.29, 0.717) is 28.0 Å². The number of hydrogen-bond acceptors (Lipinski definition) is 4. The average Bonchev–Trinajstić information content (AvgIpc) is 2.97. The molecule has 5 nitrogen and oxygen atoms in total. The maximum atomic E-state index is 9.73. The van der Waals surface area contributed by atoms with Crippen molar-refractivity contribution in [2.45, 2.75) is 19.4 Å². The summed E-state index contributed by atoms with van der Waals surface area (Å²) in [5.74, 6) is 0.108. The maximum absolute atomic E-state index is 9.73. The monoisotopic (exact) mass is 410 g/mol. The third-order valence-corrected chi connectivity index (χ3v) is 5.31. The second-order valence-corrected chi connectivity index (χ2v) is 7.38. The molecule has 4 rings (SSSR count). The van der Waals surface area contributed by atoms with Crippen molar-refractivity contribution in [3.8, 4) is 11.9 Å². The quantitative estimate of drug-likeness (QED) is 0.674. The molecule has 0 saturated carbocycles. The summed E-state index contributed by atoms with van der Waals surface area (Å²) in [6, 6.07) is 17.3. The minimum atomic E-state index is -0.469. The molecule has 0 spiro atoms. The highest BCUT2D eigenvalue weighted by molar-refractivity contribution is 6.35. The first-order chi connectivity index (χ1) is 13.5. The van der Waals surface area contributed by atoms with Gasteiger partial charge in [0.1, 0.15) is 11.6 Å². The van der Waals surface area contributed by atoms with E-state index in [4.69, 9.17) is 33.7 Å². The lowest BCUT2D eigenvalue weighted by molar-refractivity contribution is 0.352. The normalized spacial score (nSPS) is 15.7. The third-order valence-electron chi connectivity index (χ3n) is 4.74. The first kappa shape index (κ1) is 18.4. The number of nitrogens with zero attached hydrogens (tertiary/aromatic N) is 3. The minimum absolute atomic E-state index is 0.0558. The summed E-state index contributed by atoms with van der Waals surface area (Å²) in [5, 5.41) is 15.4. The Hall–Kier alpha value is -2.94. The van der Waals surface area contributed by atoms with Gasteiger partial charge in [-0.1, -0.05) is 59.6 Å². The molecular formula is C21H16Cl2N4O. The number of benzene rings is 2.